The summed E-state index contributed by atoms with van der Waals surface area (Å²) in [6, 6.07) is 17.3. The molecular formula is C20H27N3O2S. The summed E-state index contributed by atoms with van der Waals surface area (Å²) in [6.45, 7) is 2.22. The van der Waals surface area contributed by atoms with Gasteiger partial charge in [0.2, 0.25) is 10.0 Å². The molecule has 0 radical (unpaired) electrons. The molecule has 5 nitrogen and oxygen atoms in total. The first-order valence-electron chi connectivity index (χ1n) is 8.90. The Bertz CT molecular complexity index is 820. The zero-order chi connectivity index (χ0) is 18.7. The normalized spacial score (nSPS) is 21.4. The largest absolute Gasteiger partial charge is 0.330 e. The van der Waals surface area contributed by atoms with E-state index in [4.69, 9.17) is 5.73 Å². The summed E-state index contributed by atoms with van der Waals surface area (Å²) in [5.41, 5.74) is 8.20. The van der Waals surface area contributed by atoms with Gasteiger partial charge in [-0.1, -0.05) is 42.5 Å². The topological polar surface area (TPSA) is 66.6 Å². The van der Waals surface area contributed by atoms with E-state index in [1.807, 2.05) is 44.4 Å². The van der Waals surface area contributed by atoms with Crippen molar-refractivity contribution in [3.05, 3.63) is 65.7 Å². The zero-order valence-electron chi connectivity index (χ0n) is 15.4. The van der Waals surface area contributed by atoms with Crippen molar-refractivity contribution >= 4 is 10.0 Å². The Hall–Kier alpha value is -1.73. The molecule has 2 aromatic carbocycles. The molecule has 0 amide bonds. The second-order valence-corrected chi connectivity index (χ2v) is 9.15. The van der Waals surface area contributed by atoms with Crippen molar-refractivity contribution < 1.29 is 8.42 Å². The van der Waals surface area contributed by atoms with Gasteiger partial charge in [-0.05, 0) is 49.8 Å². The third-order valence-electron chi connectivity index (χ3n) is 5.00. The minimum absolute atomic E-state index is 0.139. The Morgan fingerprint density at radius 2 is 1.69 bits per heavy atom. The lowest BCUT2D eigenvalue weighted by Gasteiger charge is -2.17. The van der Waals surface area contributed by atoms with Crippen molar-refractivity contribution in [1.29, 1.82) is 0 Å². The second-order valence-electron chi connectivity index (χ2n) is 7.22. The lowest BCUT2D eigenvalue weighted by atomic mass is 9.89. The van der Waals surface area contributed by atoms with E-state index in [0.29, 0.717) is 24.5 Å². The number of hydrogen-bond donors (Lipinski definition) is 1. The minimum Gasteiger partial charge on any atom is -0.330 e. The van der Waals surface area contributed by atoms with E-state index < -0.39 is 10.0 Å². The number of sulfonamides is 1. The predicted molar refractivity (Wildman–Crippen MR) is 104 cm³/mol. The van der Waals surface area contributed by atoms with Crippen LogP contribution in [0.1, 0.15) is 17.0 Å². The van der Waals surface area contributed by atoms with E-state index in [1.54, 1.807) is 16.4 Å². The Morgan fingerprint density at radius 1 is 1.04 bits per heavy atom. The molecule has 1 heterocycles. The Kier molecular flexibility index (Phi) is 5.77. The number of nitrogens with two attached hydrogens (primary N) is 1. The molecule has 2 aromatic rings. The molecule has 0 aromatic heterocycles. The van der Waals surface area contributed by atoms with Crippen LogP contribution in [-0.2, 0) is 16.6 Å². The van der Waals surface area contributed by atoms with Crippen LogP contribution in [0.2, 0.25) is 0 Å². The molecule has 0 bridgehead atoms. The van der Waals surface area contributed by atoms with Crippen molar-refractivity contribution in [2.45, 2.75) is 17.4 Å². The predicted octanol–water partition coefficient (Wildman–Crippen LogP) is 2.11. The van der Waals surface area contributed by atoms with Crippen LogP contribution in [0.25, 0.3) is 0 Å². The summed E-state index contributed by atoms with van der Waals surface area (Å²) >= 11 is 0. The molecule has 1 saturated heterocycles. The average molecular weight is 374 g/mol. The summed E-state index contributed by atoms with van der Waals surface area (Å²) in [7, 11) is 0.480. The number of nitrogens with zero attached hydrogens (tertiary/aromatic N) is 2. The van der Waals surface area contributed by atoms with E-state index in [2.05, 4.69) is 17.0 Å². The lowest BCUT2D eigenvalue weighted by Crippen LogP contribution is -2.30. The molecule has 1 fully saturated rings. The van der Waals surface area contributed by atoms with E-state index >= 15 is 0 Å². The third kappa shape index (κ3) is 3.99. The second kappa shape index (κ2) is 7.88. The zero-order valence-corrected chi connectivity index (χ0v) is 16.2. The molecule has 0 unspecified atom stereocenters. The molecule has 3 rings (SSSR count). The summed E-state index contributed by atoms with van der Waals surface area (Å²) in [5.74, 6) is 0.282. The highest BCUT2D eigenvalue weighted by Gasteiger charge is 2.39. The van der Waals surface area contributed by atoms with Crippen molar-refractivity contribution in [3.63, 3.8) is 0 Å². The van der Waals surface area contributed by atoms with E-state index in [-0.39, 0.29) is 11.8 Å². The standard InChI is InChI=1S/C20H27N3O2S/c1-22(2)13-16-8-10-19(11-9-16)26(24,25)23-14-18(12-21)20(15-23)17-6-4-3-5-7-17/h3-11,18,20H,12-15,21H2,1-2H3/t18-,20+/m1/s1. The van der Waals surface area contributed by atoms with Gasteiger partial charge in [-0.2, -0.15) is 4.31 Å². The van der Waals surface area contributed by atoms with Crippen molar-refractivity contribution in [1.82, 2.24) is 9.21 Å². The molecule has 6 heteroatoms. The van der Waals surface area contributed by atoms with Gasteiger partial charge in [-0.3, -0.25) is 0 Å². The highest BCUT2D eigenvalue weighted by molar-refractivity contribution is 7.89. The van der Waals surface area contributed by atoms with Gasteiger partial charge in [0.05, 0.1) is 4.90 Å². The van der Waals surface area contributed by atoms with Crippen LogP contribution in [-0.4, -0.2) is 51.4 Å². The quantitative estimate of drug-likeness (QED) is 0.842. The first kappa shape index (κ1) is 19.0. The maximum atomic E-state index is 13.1. The highest BCUT2D eigenvalue weighted by atomic mass is 32.2. The van der Waals surface area contributed by atoms with Gasteiger partial charge in [0.25, 0.3) is 0 Å². The fourth-order valence-electron chi connectivity index (χ4n) is 3.63. The minimum atomic E-state index is -3.50. The van der Waals surface area contributed by atoms with Crippen LogP contribution >= 0.6 is 0 Å². The third-order valence-corrected chi connectivity index (χ3v) is 6.84. The first-order chi connectivity index (χ1) is 12.4. The highest BCUT2D eigenvalue weighted by Crippen LogP contribution is 2.35. The molecule has 140 valence electrons. The maximum absolute atomic E-state index is 13.1. The van der Waals surface area contributed by atoms with E-state index in [9.17, 15) is 8.42 Å². The Balaban J connectivity index is 1.81. The fourth-order valence-corrected chi connectivity index (χ4v) is 5.15. The van der Waals surface area contributed by atoms with Gasteiger partial charge in [-0.25, -0.2) is 8.42 Å². The van der Waals surface area contributed by atoms with E-state index in [1.165, 1.54) is 0 Å². The lowest BCUT2D eigenvalue weighted by molar-refractivity contribution is 0.402. The summed E-state index contributed by atoms with van der Waals surface area (Å²) in [6.07, 6.45) is 0. The van der Waals surface area contributed by atoms with Crippen LogP contribution in [0.4, 0.5) is 0 Å². The Morgan fingerprint density at radius 3 is 2.27 bits per heavy atom. The molecule has 0 saturated carbocycles. The van der Waals surface area contributed by atoms with Gasteiger partial charge < -0.3 is 10.6 Å². The van der Waals surface area contributed by atoms with Gasteiger partial charge in [0.15, 0.2) is 0 Å². The van der Waals surface area contributed by atoms with Gasteiger partial charge in [0.1, 0.15) is 0 Å². The van der Waals surface area contributed by atoms with Crippen LogP contribution in [0.3, 0.4) is 0 Å². The molecule has 2 N–H and O–H groups in total. The van der Waals surface area contributed by atoms with Gasteiger partial charge in [0, 0.05) is 25.6 Å². The van der Waals surface area contributed by atoms with Gasteiger partial charge >= 0.3 is 0 Å². The molecule has 2 atom stereocenters. The Labute approximate surface area is 156 Å². The SMILES string of the molecule is CN(C)Cc1ccc(S(=O)(=O)N2C[C@@H](CN)[C@H](c3ccccc3)C2)cc1. The smallest absolute Gasteiger partial charge is 0.243 e. The summed E-state index contributed by atoms with van der Waals surface area (Å²) in [5, 5.41) is 0. The number of rotatable bonds is 6. The van der Waals surface area contributed by atoms with Gasteiger partial charge in [-0.15, -0.1) is 0 Å². The average Bonchev–Trinajstić information content (AvgIpc) is 3.08. The molecule has 0 spiro atoms. The van der Waals surface area contributed by atoms with Crippen molar-refractivity contribution in [2.75, 3.05) is 33.7 Å². The van der Waals surface area contributed by atoms with Crippen LogP contribution in [0.15, 0.2) is 59.5 Å². The van der Waals surface area contributed by atoms with E-state index in [0.717, 1.165) is 17.7 Å². The number of hydrogen-bond acceptors (Lipinski definition) is 4. The van der Waals surface area contributed by atoms with Crippen molar-refractivity contribution in [3.8, 4) is 0 Å². The van der Waals surface area contributed by atoms with Crippen LogP contribution in [0.5, 0.6) is 0 Å². The monoisotopic (exact) mass is 373 g/mol. The van der Waals surface area contributed by atoms with Crippen LogP contribution in [0, 0.1) is 5.92 Å². The first-order valence-corrected chi connectivity index (χ1v) is 10.3. The maximum Gasteiger partial charge on any atom is 0.243 e. The molecule has 0 aliphatic carbocycles. The summed E-state index contributed by atoms with van der Waals surface area (Å²) in [4.78, 5) is 2.41. The molecule has 1 aliphatic heterocycles. The molecule has 1 aliphatic rings. The number of benzene rings is 2. The summed E-state index contributed by atoms with van der Waals surface area (Å²) < 4.78 is 27.7. The molecular weight excluding hydrogens is 346 g/mol. The van der Waals surface area contributed by atoms with Crippen molar-refractivity contribution in [2.24, 2.45) is 11.7 Å². The van der Waals surface area contributed by atoms with Crippen LogP contribution < -0.4 is 5.73 Å². The molecule has 26 heavy (non-hydrogen) atoms. The fraction of sp³-hybridized carbons (Fsp3) is 0.400.